The minimum absolute atomic E-state index is 0.0175. The lowest BCUT2D eigenvalue weighted by atomic mass is 10.1. The van der Waals surface area contributed by atoms with Crippen LogP contribution >= 0.6 is 0 Å². The van der Waals surface area contributed by atoms with Crippen LogP contribution in [-0.2, 0) is 11.2 Å². The van der Waals surface area contributed by atoms with Crippen LogP contribution in [0.4, 0.5) is 5.69 Å². The van der Waals surface area contributed by atoms with Gasteiger partial charge in [0.1, 0.15) is 0 Å². The highest BCUT2D eigenvalue weighted by molar-refractivity contribution is 5.92. The van der Waals surface area contributed by atoms with E-state index in [9.17, 15) is 4.79 Å². The van der Waals surface area contributed by atoms with Crippen molar-refractivity contribution in [2.45, 2.75) is 34.1 Å². The van der Waals surface area contributed by atoms with Crippen LogP contribution in [0.15, 0.2) is 18.2 Å². The van der Waals surface area contributed by atoms with Gasteiger partial charge >= 0.3 is 0 Å². The lowest BCUT2D eigenvalue weighted by Gasteiger charge is -2.13. The largest absolute Gasteiger partial charge is 0.326 e. The van der Waals surface area contributed by atoms with Gasteiger partial charge in [0, 0.05) is 18.2 Å². The first kappa shape index (κ1) is 14.7. The Morgan fingerprint density at radius 1 is 1.33 bits per heavy atom. The fourth-order valence-electron chi connectivity index (χ4n) is 1.89. The average Bonchev–Trinajstić information content (AvgIpc) is 2.36. The summed E-state index contributed by atoms with van der Waals surface area (Å²) in [5.41, 5.74) is 3.45. The molecule has 0 bridgehead atoms. The van der Waals surface area contributed by atoms with Crippen molar-refractivity contribution in [2.24, 2.45) is 5.92 Å². The molecular formula is C15H24N2O. The third kappa shape index (κ3) is 4.15. The maximum atomic E-state index is 11.9. The van der Waals surface area contributed by atoms with E-state index < -0.39 is 0 Å². The summed E-state index contributed by atoms with van der Waals surface area (Å²) < 4.78 is 0. The van der Waals surface area contributed by atoms with Gasteiger partial charge in [0.2, 0.25) is 5.91 Å². The van der Waals surface area contributed by atoms with Gasteiger partial charge in [0.15, 0.2) is 0 Å². The van der Waals surface area contributed by atoms with Crippen molar-refractivity contribution in [1.29, 1.82) is 0 Å². The molecule has 18 heavy (non-hydrogen) atoms. The SMILES string of the molecule is CCNCC(C)C(=O)Nc1ccc(CC)c(C)c1. The molecule has 1 aromatic carbocycles. The number of hydrogen-bond acceptors (Lipinski definition) is 2. The summed E-state index contributed by atoms with van der Waals surface area (Å²) in [7, 11) is 0. The molecule has 2 N–H and O–H groups in total. The van der Waals surface area contributed by atoms with Crippen LogP contribution in [0.3, 0.4) is 0 Å². The van der Waals surface area contributed by atoms with E-state index in [1.54, 1.807) is 0 Å². The van der Waals surface area contributed by atoms with Crippen molar-refractivity contribution >= 4 is 11.6 Å². The van der Waals surface area contributed by atoms with Crippen LogP contribution in [0.1, 0.15) is 31.9 Å². The second-order valence-corrected chi connectivity index (χ2v) is 4.69. The van der Waals surface area contributed by atoms with Gasteiger partial charge in [-0.1, -0.05) is 26.8 Å². The van der Waals surface area contributed by atoms with Gasteiger partial charge in [-0.15, -0.1) is 0 Å². The van der Waals surface area contributed by atoms with Crippen molar-refractivity contribution in [3.63, 3.8) is 0 Å². The Kier molecular flexibility index (Phi) is 5.86. The Morgan fingerprint density at radius 3 is 2.61 bits per heavy atom. The Hall–Kier alpha value is -1.35. The predicted octanol–water partition coefficient (Wildman–Crippen LogP) is 2.74. The number of anilines is 1. The van der Waals surface area contributed by atoms with Crippen molar-refractivity contribution in [3.8, 4) is 0 Å². The van der Waals surface area contributed by atoms with Gasteiger partial charge in [-0.25, -0.2) is 0 Å². The van der Waals surface area contributed by atoms with Gasteiger partial charge < -0.3 is 10.6 Å². The van der Waals surface area contributed by atoms with E-state index >= 15 is 0 Å². The zero-order chi connectivity index (χ0) is 13.5. The van der Waals surface area contributed by atoms with Crippen LogP contribution in [0.25, 0.3) is 0 Å². The zero-order valence-electron chi connectivity index (χ0n) is 11.8. The average molecular weight is 248 g/mol. The number of rotatable bonds is 6. The fourth-order valence-corrected chi connectivity index (χ4v) is 1.89. The monoisotopic (exact) mass is 248 g/mol. The number of carbonyl (C=O) groups is 1. The molecule has 1 amide bonds. The lowest BCUT2D eigenvalue weighted by molar-refractivity contribution is -0.119. The number of hydrogen-bond donors (Lipinski definition) is 2. The Balaban J connectivity index is 2.61. The molecule has 3 nitrogen and oxygen atoms in total. The van der Waals surface area contributed by atoms with Crippen molar-refractivity contribution < 1.29 is 4.79 Å². The Morgan fingerprint density at radius 2 is 2.06 bits per heavy atom. The third-order valence-corrected chi connectivity index (χ3v) is 3.14. The zero-order valence-corrected chi connectivity index (χ0v) is 11.8. The highest BCUT2D eigenvalue weighted by atomic mass is 16.1. The van der Waals surface area contributed by atoms with Gasteiger partial charge in [-0.05, 0) is 43.1 Å². The summed E-state index contributed by atoms with van der Waals surface area (Å²) in [6, 6.07) is 6.10. The van der Waals surface area contributed by atoms with E-state index in [0.717, 1.165) is 18.7 Å². The van der Waals surface area contributed by atoms with E-state index in [2.05, 4.69) is 30.5 Å². The topological polar surface area (TPSA) is 41.1 Å². The summed E-state index contributed by atoms with van der Waals surface area (Å²) in [6.45, 7) is 9.80. The summed E-state index contributed by atoms with van der Waals surface area (Å²) in [4.78, 5) is 11.9. The fraction of sp³-hybridized carbons (Fsp3) is 0.533. The minimum atomic E-state index is -0.0175. The summed E-state index contributed by atoms with van der Waals surface area (Å²) in [5.74, 6) is 0.0516. The van der Waals surface area contributed by atoms with Gasteiger partial charge in [0.05, 0.1) is 0 Å². The van der Waals surface area contributed by atoms with Crippen LogP contribution < -0.4 is 10.6 Å². The normalized spacial score (nSPS) is 12.2. The molecule has 0 radical (unpaired) electrons. The van der Waals surface area contributed by atoms with Crippen LogP contribution in [-0.4, -0.2) is 19.0 Å². The molecule has 0 spiro atoms. The predicted molar refractivity (Wildman–Crippen MR) is 76.9 cm³/mol. The maximum absolute atomic E-state index is 11.9. The van der Waals surface area contributed by atoms with Crippen LogP contribution in [0.2, 0.25) is 0 Å². The molecule has 1 aromatic rings. The van der Waals surface area contributed by atoms with Crippen molar-refractivity contribution in [2.75, 3.05) is 18.4 Å². The van der Waals surface area contributed by atoms with E-state index in [1.807, 2.05) is 26.0 Å². The molecule has 3 heteroatoms. The first-order valence-corrected chi connectivity index (χ1v) is 6.69. The van der Waals surface area contributed by atoms with Gasteiger partial charge in [-0.2, -0.15) is 0 Å². The second kappa shape index (κ2) is 7.17. The number of benzene rings is 1. The lowest BCUT2D eigenvalue weighted by Crippen LogP contribution is -2.30. The smallest absolute Gasteiger partial charge is 0.228 e. The molecule has 1 rings (SSSR count). The van der Waals surface area contributed by atoms with E-state index in [1.165, 1.54) is 11.1 Å². The molecule has 0 aliphatic carbocycles. The molecule has 0 heterocycles. The number of nitrogens with one attached hydrogen (secondary N) is 2. The standard InChI is InChI=1S/C15H24N2O/c1-5-13-7-8-14(9-11(13)3)17-15(18)12(4)10-16-6-2/h7-9,12,16H,5-6,10H2,1-4H3,(H,17,18). The Labute approximate surface area is 110 Å². The molecule has 0 aromatic heterocycles. The molecule has 100 valence electrons. The molecule has 0 saturated carbocycles. The first-order valence-electron chi connectivity index (χ1n) is 6.69. The van der Waals surface area contributed by atoms with E-state index in [-0.39, 0.29) is 11.8 Å². The third-order valence-electron chi connectivity index (χ3n) is 3.14. The quantitative estimate of drug-likeness (QED) is 0.812. The first-order chi connectivity index (χ1) is 8.58. The maximum Gasteiger partial charge on any atom is 0.228 e. The van der Waals surface area contributed by atoms with Crippen molar-refractivity contribution in [1.82, 2.24) is 5.32 Å². The number of amides is 1. The summed E-state index contributed by atoms with van der Waals surface area (Å²) in [6.07, 6.45) is 1.02. The molecule has 0 saturated heterocycles. The van der Waals surface area contributed by atoms with E-state index in [4.69, 9.17) is 0 Å². The minimum Gasteiger partial charge on any atom is -0.326 e. The molecule has 0 aliphatic rings. The van der Waals surface area contributed by atoms with Gasteiger partial charge in [-0.3, -0.25) is 4.79 Å². The molecule has 1 atom stereocenters. The number of carbonyl (C=O) groups excluding carboxylic acids is 1. The van der Waals surface area contributed by atoms with Crippen LogP contribution in [0, 0.1) is 12.8 Å². The summed E-state index contributed by atoms with van der Waals surface area (Å²) >= 11 is 0. The highest BCUT2D eigenvalue weighted by Crippen LogP contribution is 2.16. The van der Waals surface area contributed by atoms with Gasteiger partial charge in [0.25, 0.3) is 0 Å². The highest BCUT2D eigenvalue weighted by Gasteiger charge is 2.12. The molecular weight excluding hydrogens is 224 g/mol. The van der Waals surface area contributed by atoms with Crippen LogP contribution in [0.5, 0.6) is 0 Å². The molecule has 0 aliphatic heterocycles. The second-order valence-electron chi connectivity index (χ2n) is 4.69. The summed E-state index contributed by atoms with van der Waals surface area (Å²) in [5, 5.41) is 6.15. The number of aryl methyl sites for hydroxylation is 2. The Bertz CT molecular complexity index is 401. The molecule has 0 fully saturated rings. The van der Waals surface area contributed by atoms with Crippen molar-refractivity contribution in [3.05, 3.63) is 29.3 Å². The molecule has 1 unspecified atom stereocenters. The van der Waals surface area contributed by atoms with E-state index in [0.29, 0.717) is 6.54 Å².